The van der Waals surface area contributed by atoms with Gasteiger partial charge in [0.1, 0.15) is 12.4 Å². The van der Waals surface area contributed by atoms with E-state index in [4.69, 9.17) is 5.73 Å². The summed E-state index contributed by atoms with van der Waals surface area (Å²) >= 11 is 0. The zero-order valence-electron chi connectivity index (χ0n) is 11.7. The van der Waals surface area contributed by atoms with Crippen molar-refractivity contribution < 1.29 is 4.79 Å². The van der Waals surface area contributed by atoms with E-state index in [0.717, 1.165) is 5.56 Å². The van der Waals surface area contributed by atoms with Crippen molar-refractivity contribution >= 4 is 11.7 Å². The van der Waals surface area contributed by atoms with Crippen LogP contribution in [0.25, 0.3) is 0 Å². The molecule has 2 rings (SSSR count). The number of hydrogen-bond donors (Lipinski definition) is 1. The van der Waals surface area contributed by atoms with Crippen LogP contribution >= 0.6 is 0 Å². The average molecular weight is 273 g/mol. The molecule has 6 nitrogen and oxygen atoms in total. The Hall–Kier alpha value is -2.37. The van der Waals surface area contributed by atoms with Crippen molar-refractivity contribution in [2.75, 3.05) is 5.73 Å². The number of nitrogens with two attached hydrogens (primary N) is 1. The maximum absolute atomic E-state index is 12.4. The van der Waals surface area contributed by atoms with Crippen molar-refractivity contribution in [1.29, 1.82) is 0 Å². The molecule has 1 amide bonds. The van der Waals surface area contributed by atoms with Gasteiger partial charge in [0.15, 0.2) is 0 Å². The molecular weight excluding hydrogens is 254 g/mol. The number of pyridine rings is 1. The molecule has 106 valence electrons. The van der Waals surface area contributed by atoms with Crippen LogP contribution in [0.15, 0.2) is 36.8 Å². The highest BCUT2D eigenvalue weighted by Gasteiger charge is 2.18. The zero-order valence-corrected chi connectivity index (χ0v) is 11.7. The summed E-state index contributed by atoms with van der Waals surface area (Å²) in [5.74, 6) is 0.424. The molecule has 0 aliphatic carbocycles. The number of nitrogen functional groups attached to an aromatic ring is 1. The summed E-state index contributed by atoms with van der Waals surface area (Å²) in [4.78, 5) is 18.2. The number of aromatic nitrogens is 3. The lowest BCUT2D eigenvalue weighted by atomic mass is 10.2. The van der Waals surface area contributed by atoms with Gasteiger partial charge < -0.3 is 10.6 Å². The lowest BCUT2D eigenvalue weighted by Gasteiger charge is -2.26. The third kappa shape index (κ3) is 3.57. The van der Waals surface area contributed by atoms with E-state index >= 15 is 0 Å². The highest BCUT2D eigenvalue weighted by Crippen LogP contribution is 2.09. The first-order valence-electron chi connectivity index (χ1n) is 6.53. The molecule has 6 heteroatoms. The van der Waals surface area contributed by atoms with Gasteiger partial charge in [-0.15, -0.1) is 0 Å². The van der Waals surface area contributed by atoms with Gasteiger partial charge in [0.05, 0.1) is 0 Å². The van der Waals surface area contributed by atoms with Crippen LogP contribution in [0.5, 0.6) is 0 Å². The minimum absolute atomic E-state index is 0.00644. The molecule has 0 bridgehead atoms. The van der Waals surface area contributed by atoms with Gasteiger partial charge in [-0.2, -0.15) is 5.10 Å². The van der Waals surface area contributed by atoms with Gasteiger partial charge in [-0.3, -0.25) is 14.5 Å². The highest BCUT2D eigenvalue weighted by molar-refractivity contribution is 5.76. The molecule has 2 N–H and O–H groups in total. The molecule has 0 unspecified atom stereocenters. The summed E-state index contributed by atoms with van der Waals surface area (Å²) in [5, 5.41) is 4.03. The Morgan fingerprint density at radius 3 is 2.80 bits per heavy atom. The molecule has 0 saturated carbocycles. The topological polar surface area (TPSA) is 77.0 Å². The molecule has 2 heterocycles. The molecule has 0 saturated heterocycles. The van der Waals surface area contributed by atoms with Crippen molar-refractivity contribution in [3.8, 4) is 0 Å². The van der Waals surface area contributed by atoms with Gasteiger partial charge in [0.25, 0.3) is 0 Å². The molecule has 0 fully saturated rings. The Balaban J connectivity index is 2.06. The molecule has 0 aliphatic rings. The Bertz CT molecular complexity index is 564. The van der Waals surface area contributed by atoms with Crippen molar-refractivity contribution in [3.05, 3.63) is 42.4 Å². The minimum Gasteiger partial charge on any atom is -0.382 e. The average Bonchev–Trinajstić information content (AvgIpc) is 2.82. The minimum atomic E-state index is 0.00644. The Labute approximate surface area is 118 Å². The van der Waals surface area contributed by atoms with E-state index in [2.05, 4.69) is 10.1 Å². The molecule has 0 aromatic carbocycles. The molecular formula is C14H19N5O. The van der Waals surface area contributed by atoms with Crippen molar-refractivity contribution in [3.63, 3.8) is 0 Å². The summed E-state index contributed by atoms with van der Waals surface area (Å²) in [6.07, 6.45) is 5.20. The molecule has 0 aliphatic heterocycles. The van der Waals surface area contributed by atoms with Crippen LogP contribution in [-0.2, 0) is 17.9 Å². The van der Waals surface area contributed by atoms with Crippen LogP contribution in [-0.4, -0.2) is 31.6 Å². The summed E-state index contributed by atoms with van der Waals surface area (Å²) < 4.78 is 1.55. The number of nitrogens with zero attached hydrogens (tertiary/aromatic N) is 4. The van der Waals surface area contributed by atoms with Crippen LogP contribution in [0.1, 0.15) is 19.4 Å². The highest BCUT2D eigenvalue weighted by atomic mass is 16.2. The second-order valence-electron chi connectivity index (χ2n) is 4.91. The summed E-state index contributed by atoms with van der Waals surface area (Å²) in [6.45, 7) is 4.72. The molecule has 2 aromatic rings. The van der Waals surface area contributed by atoms with Crippen molar-refractivity contribution in [1.82, 2.24) is 19.7 Å². The second-order valence-corrected chi connectivity index (χ2v) is 4.91. The monoisotopic (exact) mass is 273 g/mol. The van der Waals surface area contributed by atoms with Crippen LogP contribution in [0.4, 0.5) is 5.82 Å². The molecule has 0 spiro atoms. The van der Waals surface area contributed by atoms with Gasteiger partial charge in [-0.05, 0) is 31.5 Å². The predicted molar refractivity (Wildman–Crippen MR) is 76.6 cm³/mol. The number of carbonyl (C=O) groups excluding carboxylic acids is 1. The van der Waals surface area contributed by atoms with Crippen LogP contribution < -0.4 is 5.73 Å². The fourth-order valence-electron chi connectivity index (χ4n) is 1.94. The maximum atomic E-state index is 12.4. The van der Waals surface area contributed by atoms with Gasteiger partial charge in [0, 0.05) is 31.2 Å². The summed E-state index contributed by atoms with van der Waals surface area (Å²) in [7, 11) is 0. The Morgan fingerprint density at radius 2 is 2.25 bits per heavy atom. The second kappa shape index (κ2) is 6.18. The van der Waals surface area contributed by atoms with Gasteiger partial charge in [-0.25, -0.2) is 0 Å². The van der Waals surface area contributed by atoms with E-state index in [-0.39, 0.29) is 18.5 Å². The van der Waals surface area contributed by atoms with Gasteiger partial charge >= 0.3 is 0 Å². The lowest BCUT2D eigenvalue weighted by Crippen LogP contribution is -2.38. The first kappa shape index (κ1) is 14.0. The Morgan fingerprint density at radius 1 is 1.45 bits per heavy atom. The molecule has 0 atom stereocenters. The largest absolute Gasteiger partial charge is 0.382 e. The van der Waals surface area contributed by atoms with Gasteiger partial charge in [0.2, 0.25) is 5.91 Å². The van der Waals surface area contributed by atoms with Gasteiger partial charge in [-0.1, -0.05) is 6.07 Å². The summed E-state index contributed by atoms with van der Waals surface area (Å²) in [5.41, 5.74) is 6.56. The third-order valence-corrected chi connectivity index (χ3v) is 2.98. The van der Waals surface area contributed by atoms with Crippen LogP contribution in [0, 0.1) is 0 Å². The standard InChI is InChI=1S/C14H19N5O/c1-11(2)19(9-12-4-3-6-16-8-12)14(20)10-18-7-5-13(15)17-18/h3-8,11H,9-10H2,1-2H3,(H2,15,17). The Kier molecular flexibility index (Phi) is 4.34. The lowest BCUT2D eigenvalue weighted by molar-refractivity contribution is -0.134. The molecule has 2 aromatic heterocycles. The number of hydrogen-bond acceptors (Lipinski definition) is 4. The zero-order chi connectivity index (χ0) is 14.5. The van der Waals surface area contributed by atoms with Crippen molar-refractivity contribution in [2.45, 2.75) is 33.0 Å². The number of amides is 1. The van der Waals surface area contributed by atoms with Crippen LogP contribution in [0.3, 0.4) is 0 Å². The maximum Gasteiger partial charge on any atom is 0.244 e. The first-order valence-corrected chi connectivity index (χ1v) is 6.53. The van der Waals surface area contributed by atoms with E-state index in [9.17, 15) is 4.79 Å². The van der Waals surface area contributed by atoms with E-state index in [1.165, 1.54) is 0 Å². The van der Waals surface area contributed by atoms with E-state index < -0.39 is 0 Å². The smallest absolute Gasteiger partial charge is 0.244 e. The van der Waals surface area contributed by atoms with Crippen molar-refractivity contribution in [2.24, 2.45) is 0 Å². The number of rotatable bonds is 5. The first-order chi connectivity index (χ1) is 9.56. The number of anilines is 1. The van der Waals surface area contributed by atoms with E-state index in [1.807, 2.05) is 26.0 Å². The summed E-state index contributed by atoms with van der Waals surface area (Å²) in [6, 6.07) is 5.61. The SMILES string of the molecule is CC(C)N(Cc1cccnc1)C(=O)Cn1ccc(N)n1. The van der Waals surface area contributed by atoms with E-state index in [1.54, 1.807) is 34.2 Å². The normalized spacial score (nSPS) is 10.8. The van der Waals surface area contributed by atoms with Crippen LogP contribution in [0.2, 0.25) is 0 Å². The fraction of sp³-hybridized carbons (Fsp3) is 0.357. The third-order valence-electron chi connectivity index (χ3n) is 2.98. The quantitative estimate of drug-likeness (QED) is 0.890. The number of carbonyl (C=O) groups is 1. The fourth-order valence-corrected chi connectivity index (χ4v) is 1.94. The molecule has 20 heavy (non-hydrogen) atoms. The molecule has 0 radical (unpaired) electrons. The van der Waals surface area contributed by atoms with E-state index in [0.29, 0.717) is 12.4 Å². The predicted octanol–water partition coefficient (Wildman–Crippen LogP) is 1.30.